The molecule has 2 aliphatic heterocycles. The predicted molar refractivity (Wildman–Crippen MR) is 122 cm³/mol. The van der Waals surface area contributed by atoms with Crippen molar-refractivity contribution in [3.05, 3.63) is 21.0 Å². The fourth-order valence-electron chi connectivity index (χ4n) is 2.99. The van der Waals surface area contributed by atoms with Crippen LogP contribution in [0.15, 0.2) is 31.0 Å². The van der Waals surface area contributed by atoms with Crippen molar-refractivity contribution in [3.63, 3.8) is 0 Å². The Hall–Kier alpha value is -1.30. The van der Waals surface area contributed by atoms with Crippen LogP contribution in [0.3, 0.4) is 0 Å². The molecule has 9 heteroatoms. The first-order valence-electron chi connectivity index (χ1n) is 9.47. The summed E-state index contributed by atoms with van der Waals surface area (Å²) in [7, 11) is 0. The molecule has 0 fully saturated rings. The molecule has 0 bridgehead atoms. The highest BCUT2D eigenvalue weighted by molar-refractivity contribution is 14.1. The number of ether oxygens (including phenoxy) is 2. The van der Waals surface area contributed by atoms with E-state index in [1.165, 1.54) is 0 Å². The number of nitrogens with zero attached hydrogens (tertiary/aromatic N) is 3. The molecule has 156 valence electrons. The second kappa shape index (κ2) is 11.0. The number of hydrogen-bond acceptors (Lipinski definition) is 7. The maximum Gasteiger partial charge on any atom is 0.188 e. The van der Waals surface area contributed by atoms with Crippen LogP contribution >= 0.6 is 22.6 Å². The van der Waals surface area contributed by atoms with Crippen LogP contribution in [-0.2, 0) is 9.47 Å². The Kier molecular flexibility index (Phi) is 9.06. The molecule has 0 aromatic rings. The molecule has 8 nitrogen and oxygen atoms in total. The summed E-state index contributed by atoms with van der Waals surface area (Å²) in [5.74, 6) is 2.01. The minimum atomic E-state index is -0.615. The summed E-state index contributed by atoms with van der Waals surface area (Å²) < 4.78 is 12.1. The molecule has 0 saturated carbocycles. The van der Waals surface area contributed by atoms with Crippen LogP contribution in [0, 0.1) is 5.41 Å². The van der Waals surface area contributed by atoms with Gasteiger partial charge in [-0.2, -0.15) is 0 Å². The van der Waals surface area contributed by atoms with Crippen LogP contribution in [0.1, 0.15) is 33.6 Å². The first-order valence-corrected chi connectivity index (χ1v) is 10.5. The van der Waals surface area contributed by atoms with Crippen LogP contribution in [0.5, 0.6) is 0 Å². The van der Waals surface area contributed by atoms with Gasteiger partial charge < -0.3 is 25.4 Å². The Morgan fingerprint density at radius 2 is 2.29 bits per heavy atom. The van der Waals surface area contributed by atoms with E-state index >= 15 is 0 Å². The van der Waals surface area contributed by atoms with Gasteiger partial charge in [-0.25, -0.2) is 0 Å². The molecule has 0 amide bonds. The highest BCUT2D eigenvalue weighted by atomic mass is 127. The minimum absolute atomic E-state index is 0.255. The SMILES string of the molecule is C=NC(N)C1N=C(CC2=C(I)COCOC(C)=C2)N(CCCNC(C)C)C1=N. The molecule has 0 aromatic heterocycles. The number of aliphatic imine (C=N–C) groups is 2. The van der Waals surface area contributed by atoms with Gasteiger partial charge in [-0.3, -0.25) is 15.4 Å². The van der Waals surface area contributed by atoms with Gasteiger partial charge in [0.25, 0.3) is 0 Å². The standard InChI is InChI=1S/C19H31IN6O2/c1-12(2)24-6-5-7-26-16(25-17(19(26)22)18(21)23-4)9-14-8-13(3)28-11-27-10-15(14)20/h8,12,17-18,22,24H,4-7,9-11,21H2,1-3H3. The van der Waals surface area contributed by atoms with E-state index in [2.05, 4.69) is 53.5 Å². The normalized spacial score (nSPS) is 21.9. The van der Waals surface area contributed by atoms with E-state index in [0.717, 1.165) is 33.7 Å². The molecule has 2 unspecified atom stereocenters. The van der Waals surface area contributed by atoms with E-state index in [1.54, 1.807) is 0 Å². The van der Waals surface area contributed by atoms with E-state index in [0.29, 0.717) is 31.4 Å². The lowest BCUT2D eigenvalue weighted by molar-refractivity contribution is -0.0123. The maximum atomic E-state index is 8.57. The number of hydrogen-bond donors (Lipinski definition) is 3. The van der Waals surface area contributed by atoms with Crippen LogP contribution in [0.25, 0.3) is 0 Å². The Balaban J connectivity index is 2.19. The molecule has 2 aliphatic rings. The largest absolute Gasteiger partial charge is 0.472 e. The highest BCUT2D eigenvalue weighted by Crippen LogP contribution is 2.26. The first-order chi connectivity index (χ1) is 13.3. The quantitative estimate of drug-likeness (QED) is 0.255. The number of nitrogens with one attached hydrogen (secondary N) is 2. The van der Waals surface area contributed by atoms with E-state index in [-0.39, 0.29) is 6.79 Å². The average molecular weight is 502 g/mol. The zero-order chi connectivity index (χ0) is 20.7. The predicted octanol–water partition coefficient (Wildman–Crippen LogP) is 2.41. The summed E-state index contributed by atoms with van der Waals surface area (Å²) >= 11 is 2.30. The maximum absolute atomic E-state index is 8.57. The molecular weight excluding hydrogens is 471 g/mol. The van der Waals surface area contributed by atoms with Gasteiger partial charge in [0.15, 0.2) is 6.79 Å². The third kappa shape index (κ3) is 6.36. The summed E-state index contributed by atoms with van der Waals surface area (Å²) in [6.07, 6.45) is 2.90. The van der Waals surface area contributed by atoms with Gasteiger partial charge >= 0.3 is 0 Å². The van der Waals surface area contributed by atoms with Crippen molar-refractivity contribution in [2.45, 2.75) is 51.9 Å². The molecule has 0 spiro atoms. The second-order valence-electron chi connectivity index (χ2n) is 7.14. The highest BCUT2D eigenvalue weighted by Gasteiger charge is 2.34. The molecule has 4 N–H and O–H groups in total. The van der Waals surface area contributed by atoms with Crippen molar-refractivity contribution in [2.75, 3.05) is 26.5 Å². The number of amidine groups is 2. The smallest absolute Gasteiger partial charge is 0.188 e. The van der Waals surface area contributed by atoms with Gasteiger partial charge in [0.1, 0.15) is 23.9 Å². The molecule has 2 atom stereocenters. The lowest BCUT2D eigenvalue weighted by Gasteiger charge is -2.24. The van der Waals surface area contributed by atoms with E-state index in [9.17, 15) is 0 Å². The fraction of sp³-hybridized carbons (Fsp3) is 0.632. The van der Waals surface area contributed by atoms with Gasteiger partial charge in [0.2, 0.25) is 0 Å². The monoisotopic (exact) mass is 502 g/mol. The van der Waals surface area contributed by atoms with Crippen LogP contribution in [0.4, 0.5) is 0 Å². The summed E-state index contributed by atoms with van der Waals surface area (Å²) in [4.78, 5) is 10.6. The zero-order valence-electron chi connectivity index (χ0n) is 16.9. The summed E-state index contributed by atoms with van der Waals surface area (Å²) in [6, 6.07) is -0.0537. The molecule has 2 heterocycles. The molecule has 0 saturated heterocycles. The molecule has 0 radical (unpaired) electrons. The molecule has 28 heavy (non-hydrogen) atoms. The summed E-state index contributed by atoms with van der Waals surface area (Å²) in [5, 5.41) is 12.0. The lowest BCUT2D eigenvalue weighted by Crippen LogP contribution is -2.42. The van der Waals surface area contributed by atoms with E-state index in [4.69, 9.17) is 25.6 Å². The Morgan fingerprint density at radius 1 is 1.54 bits per heavy atom. The fourth-order valence-corrected chi connectivity index (χ4v) is 3.55. The second-order valence-corrected chi connectivity index (χ2v) is 8.44. The summed E-state index contributed by atoms with van der Waals surface area (Å²) in [5.41, 5.74) is 7.11. The zero-order valence-corrected chi connectivity index (χ0v) is 19.0. The molecular formula is C19H31IN6O2. The molecule has 2 rings (SSSR count). The van der Waals surface area contributed by atoms with Crippen LogP contribution in [0.2, 0.25) is 0 Å². The Labute approximate surface area is 181 Å². The van der Waals surface area contributed by atoms with Crippen LogP contribution in [-0.4, -0.2) is 68.0 Å². The third-order valence-electron chi connectivity index (χ3n) is 4.49. The van der Waals surface area contributed by atoms with E-state index < -0.39 is 12.2 Å². The minimum Gasteiger partial charge on any atom is -0.472 e. The van der Waals surface area contributed by atoms with Crippen molar-refractivity contribution in [1.82, 2.24) is 10.2 Å². The van der Waals surface area contributed by atoms with Gasteiger partial charge in [-0.15, -0.1) is 0 Å². The van der Waals surface area contributed by atoms with Crippen molar-refractivity contribution < 1.29 is 9.47 Å². The molecule has 0 aromatic carbocycles. The van der Waals surface area contributed by atoms with Gasteiger partial charge in [-0.1, -0.05) is 13.8 Å². The topological polar surface area (TPSA) is 108 Å². The number of rotatable bonds is 9. The van der Waals surface area contributed by atoms with Crippen molar-refractivity contribution in [2.24, 2.45) is 15.7 Å². The number of nitrogens with two attached hydrogens (primary N) is 1. The van der Waals surface area contributed by atoms with Crippen molar-refractivity contribution in [3.8, 4) is 0 Å². The van der Waals surface area contributed by atoms with Gasteiger partial charge in [-0.05, 0) is 60.8 Å². The molecule has 0 aliphatic carbocycles. The van der Waals surface area contributed by atoms with E-state index in [1.807, 2.05) is 17.9 Å². The summed E-state index contributed by atoms with van der Waals surface area (Å²) in [6.45, 7) is 12.0. The Bertz CT molecular complexity index is 673. The van der Waals surface area contributed by atoms with Crippen LogP contribution < -0.4 is 11.1 Å². The number of halogens is 1. The van der Waals surface area contributed by atoms with Gasteiger partial charge in [0.05, 0.1) is 12.4 Å². The van der Waals surface area contributed by atoms with Crippen molar-refractivity contribution in [1.29, 1.82) is 5.41 Å². The lowest BCUT2D eigenvalue weighted by atomic mass is 10.1. The Morgan fingerprint density at radius 3 is 2.96 bits per heavy atom. The number of allylic oxidation sites excluding steroid dienone is 2. The third-order valence-corrected chi connectivity index (χ3v) is 5.49. The van der Waals surface area contributed by atoms with Crippen molar-refractivity contribution >= 4 is 41.0 Å². The first kappa shape index (κ1) is 23.0. The average Bonchev–Trinajstić information content (AvgIpc) is 2.95. The van der Waals surface area contributed by atoms with Gasteiger partial charge in [0, 0.05) is 22.6 Å².